The van der Waals surface area contributed by atoms with Crippen LogP contribution in [-0.4, -0.2) is 24.1 Å². The molecule has 0 unspecified atom stereocenters. The predicted octanol–water partition coefficient (Wildman–Crippen LogP) is 5.91. The van der Waals surface area contributed by atoms with Crippen LogP contribution in [0.2, 0.25) is 0 Å². The van der Waals surface area contributed by atoms with Gasteiger partial charge in [0, 0.05) is 27.9 Å². The van der Waals surface area contributed by atoms with Crippen molar-refractivity contribution in [1.29, 1.82) is 0 Å². The summed E-state index contributed by atoms with van der Waals surface area (Å²) < 4.78 is 13.0. The van der Waals surface area contributed by atoms with Crippen molar-refractivity contribution in [3.05, 3.63) is 58.1 Å². The number of hydrogen-bond acceptors (Lipinski definition) is 4. The van der Waals surface area contributed by atoms with Crippen molar-refractivity contribution >= 4 is 21.6 Å². The van der Waals surface area contributed by atoms with Crippen LogP contribution in [0.1, 0.15) is 55.7 Å². The quantitative estimate of drug-likeness (QED) is 0.594. The monoisotopic (exact) mass is 440 g/mol. The van der Waals surface area contributed by atoms with Gasteiger partial charge in [0.15, 0.2) is 6.23 Å². The van der Waals surface area contributed by atoms with E-state index in [0.29, 0.717) is 5.92 Å². The van der Waals surface area contributed by atoms with Crippen LogP contribution in [0.5, 0.6) is 11.5 Å². The summed E-state index contributed by atoms with van der Waals surface area (Å²) in [6, 6.07) is 14.8. The minimum atomic E-state index is 0.0297. The molecule has 2 aromatic carbocycles. The average molecular weight is 441 g/mol. The smallest absolute Gasteiger partial charge is 0.190 e. The molecule has 2 aliphatic heterocycles. The van der Waals surface area contributed by atoms with Crippen molar-refractivity contribution in [3.63, 3.8) is 0 Å². The molecule has 1 fully saturated rings. The third-order valence-electron chi connectivity index (χ3n) is 6.24. The first kappa shape index (κ1) is 18.0. The highest BCUT2D eigenvalue weighted by atomic mass is 79.9. The minimum Gasteiger partial charge on any atom is -0.497 e. The van der Waals surface area contributed by atoms with Gasteiger partial charge in [-0.25, -0.2) is 5.01 Å². The second kappa shape index (κ2) is 7.43. The van der Waals surface area contributed by atoms with Gasteiger partial charge in [0.05, 0.1) is 18.9 Å². The van der Waals surface area contributed by atoms with Gasteiger partial charge in [-0.15, -0.1) is 0 Å². The molecule has 0 bridgehead atoms. The summed E-state index contributed by atoms with van der Waals surface area (Å²) in [7, 11) is 1.71. The molecule has 146 valence electrons. The van der Waals surface area contributed by atoms with Crippen molar-refractivity contribution < 1.29 is 9.47 Å². The van der Waals surface area contributed by atoms with Crippen molar-refractivity contribution in [1.82, 2.24) is 5.01 Å². The lowest BCUT2D eigenvalue weighted by atomic mass is 9.86. The SMILES string of the molecule is COc1cccc(C2=NN3[C@@H](C2)c2cc(Br)ccc2O[C@H]3C2CCCCC2)c1. The number of ether oxygens (including phenoxy) is 2. The van der Waals surface area contributed by atoms with Gasteiger partial charge >= 0.3 is 0 Å². The van der Waals surface area contributed by atoms with E-state index in [1.54, 1.807) is 7.11 Å². The van der Waals surface area contributed by atoms with Gasteiger partial charge < -0.3 is 9.47 Å². The van der Waals surface area contributed by atoms with Crippen LogP contribution in [0.3, 0.4) is 0 Å². The molecule has 2 heterocycles. The molecule has 4 nitrogen and oxygen atoms in total. The number of rotatable bonds is 3. The Bertz CT molecular complexity index is 907. The maximum Gasteiger partial charge on any atom is 0.190 e. The number of fused-ring (bicyclic) bond motifs is 3. The molecule has 28 heavy (non-hydrogen) atoms. The molecule has 3 aliphatic rings. The summed E-state index contributed by atoms with van der Waals surface area (Å²) in [5.74, 6) is 2.43. The Morgan fingerprint density at radius 1 is 1.11 bits per heavy atom. The van der Waals surface area contributed by atoms with Gasteiger partial charge in [0.25, 0.3) is 0 Å². The second-order valence-electron chi connectivity index (χ2n) is 7.97. The molecule has 1 aliphatic carbocycles. The molecule has 0 N–H and O–H groups in total. The van der Waals surface area contributed by atoms with Crippen LogP contribution in [-0.2, 0) is 0 Å². The largest absolute Gasteiger partial charge is 0.497 e. The van der Waals surface area contributed by atoms with E-state index in [1.807, 2.05) is 12.1 Å². The lowest BCUT2D eigenvalue weighted by molar-refractivity contribution is -0.0644. The van der Waals surface area contributed by atoms with Crippen molar-refractivity contribution in [2.45, 2.75) is 50.8 Å². The third kappa shape index (κ3) is 3.20. The summed E-state index contributed by atoms with van der Waals surface area (Å²) in [4.78, 5) is 0. The number of hydrazone groups is 1. The number of nitrogens with zero attached hydrogens (tertiary/aromatic N) is 2. The number of benzene rings is 2. The van der Waals surface area contributed by atoms with E-state index in [2.05, 4.69) is 51.3 Å². The van der Waals surface area contributed by atoms with E-state index in [4.69, 9.17) is 14.6 Å². The van der Waals surface area contributed by atoms with E-state index >= 15 is 0 Å². The zero-order chi connectivity index (χ0) is 19.1. The van der Waals surface area contributed by atoms with Crippen LogP contribution in [0, 0.1) is 5.92 Å². The first-order chi connectivity index (χ1) is 13.7. The highest BCUT2D eigenvalue weighted by Gasteiger charge is 2.43. The molecular formula is C23H25BrN2O2. The van der Waals surface area contributed by atoms with Gasteiger partial charge in [-0.05, 0) is 43.2 Å². The zero-order valence-electron chi connectivity index (χ0n) is 16.1. The maximum atomic E-state index is 6.54. The van der Waals surface area contributed by atoms with E-state index in [9.17, 15) is 0 Å². The van der Waals surface area contributed by atoms with E-state index in [0.717, 1.165) is 33.7 Å². The first-order valence-corrected chi connectivity index (χ1v) is 11.0. The molecule has 2 aromatic rings. The number of methoxy groups -OCH3 is 1. The summed E-state index contributed by atoms with van der Waals surface area (Å²) >= 11 is 3.63. The van der Waals surface area contributed by atoms with Crippen LogP contribution in [0.15, 0.2) is 52.0 Å². The summed E-state index contributed by atoms with van der Waals surface area (Å²) in [5, 5.41) is 7.34. The summed E-state index contributed by atoms with van der Waals surface area (Å²) in [6.45, 7) is 0. The Balaban J connectivity index is 1.53. The lowest BCUT2D eigenvalue weighted by Gasteiger charge is -2.42. The molecule has 5 rings (SSSR count). The molecule has 2 atom stereocenters. The molecule has 0 aromatic heterocycles. The van der Waals surface area contributed by atoms with Crippen molar-refractivity contribution in [3.8, 4) is 11.5 Å². The maximum absolute atomic E-state index is 6.54. The molecule has 0 radical (unpaired) electrons. The topological polar surface area (TPSA) is 34.1 Å². The predicted molar refractivity (Wildman–Crippen MR) is 114 cm³/mol. The van der Waals surface area contributed by atoms with Crippen LogP contribution < -0.4 is 9.47 Å². The van der Waals surface area contributed by atoms with Gasteiger partial charge in [-0.3, -0.25) is 0 Å². The normalized spacial score (nSPS) is 24.2. The first-order valence-electron chi connectivity index (χ1n) is 10.2. The molecule has 0 amide bonds. The van der Waals surface area contributed by atoms with Gasteiger partial charge in [0.1, 0.15) is 11.5 Å². The Kier molecular flexibility index (Phi) is 4.79. The Hall–Kier alpha value is -2.01. The van der Waals surface area contributed by atoms with Gasteiger partial charge in [-0.2, -0.15) is 5.10 Å². The van der Waals surface area contributed by atoms with Gasteiger partial charge in [0.2, 0.25) is 0 Å². The van der Waals surface area contributed by atoms with Crippen LogP contribution in [0.4, 0.5) is 0 Å². The molecular weight excluding hydrogens is 416 g/mol. The van der Waals surface area contributed by atoms with E-state index in [1.165, 1.54) is 37.7 Å². The number of hydrogen-bond donors (Lipinski definition) is 0. The number of halogens is 1. The fourth-order valence-corrected chi connectivity index (χ4v) is 5.17. The highest BCUT2D eigenvalue weighted by molar-refractivity contribution is 9.10. The minimum absolute atomic E-state index is 0.0297. The molecule has 1 saturated carbocycles. The standard InChI is InChI=1S/C23H25BrN2O2/c1-27-18-9-5-8-16(12-18)20-14-21-19-13-17(24)10-11-22(19)28-23(26(21)25-20)15-6-3-2-4-7-15/h5,8-13,15,21,23H,2-4,6-7,14H2,1H3/t21-,23-/m0/s1. The molecule has 0 saturated heterocycles. The summed E-state index contributed by atoms with van der Waals surface area (Å²) in [6.07, 6.45) is 7.30. The fraction of sp³-hybridized carbons (Fsp3) is 0.435. The summed E-state index contributed by atoms with van der Waals surface area (Å²) in [5.41, 5.74) is 3.47. The Morgan fingerprint density at radius 3 is 2.79 bits per heavy atom. The van der Waals surface area contributed by atoms with Crippen molar-refractivity contribution in [2.24, 2.45) is 11.0 Å². The van der Waals surface area contributed by atoms with Crippen LogP contribution in [0.25, 0.3) is 0 Å². The Labute approximate surface area is 174 Å². The highest BCUT2D eigenvalue weighted by Crippen LogP contribution is 2.47. The lowest BCUT2D eigenvalue weighted by Crippen LogP contribution is -2.45. The Morgan fingerprint density at radius 2 is 1.96 bits per heavy atom. The van der Waals surface area contributed by atoms with Crippen LogP contribution >= 0.6 is 15.9 Å². The average Bonchev–Trinajstić information content (AvgIpc) is 3.20. The van der Waals surface area contributed by atoms with E-state index < -0.39 is 0 Å². The third-order valence-corrected chi connectivity index (χ3v) is 6.73. The fourth-order valence-electron chi connectivity index (χ4n) is 4.79. The van der Waals surface area contributed by atoms with E-state index in [-0.39, 0.29) is 12.3 Å². The van der Waals surface area contributed by atoms with Crippen molar-refractivity contribution in [2.75, 3.05) is 7.11 Å². The molecule has 5 heteroatoms. The second-order valence-corrected chi connectivity index (χ2v) is 8.88. The van der Waals surface area contributed by atoms with Gasteiger partial charge in [-0.1, -0.05) is 47.3 Å². The zero-order valence-corrected chi connectivity index (χ0v) is 17.7. The molecule has 0 spiro atoms.